The van der Waals surface area contributed by atoms with Gasteiger partial charge < -0.3 is 9.84 Å². The van der Waals surface area contributed by atoms with Gasteiger partial charge in [-0.05, 0) is 65.9 Å². The van der Waals surface area contributed by atoms with Gasteiger partial charge in [0.05, 0.1) is 22.5 Å². The molecule has 4 aromatic rings. The fourth-order valence-corrected chi connectivity index (χ4v) is 4.03. The minimum absolute atomic E-state index is 0.0245. The number of para-hydroxylation sites is 1. The van der Waals surface area contributed by atoms with Crippen LogP contribution in [0.3, 0.4) is 0 Å². The summed E-state index contributed by atoms with van der Waals surface area (Å²) in [5, 5.41) is 17.4. The van der Waals surface area contributed by atoms with E-state index >= 15 is 0 Å². The molecule has 0 unspecified atom stereocenters. The smallest absolute Gasteiger partial charge is 0.418 e. The number of hydrogen-bond acceptors (Lipinski definition) is 4. The SMILES string of the molecule is Cc1cc(OCc2c(C(C)C)nnn2-c2ccccc2C(F)(F)F)ccc1C=Cc1cccc(C(=O)O)c1. The molecule has 1 N–H and O–H groups in total. The Morgan fingerprint density at radius 3 is 2.50 bits per heavy atom. The maximum Gasteiger partial charge on any atom is 0.418 e. The summed E-state index contributed by atoms with van der Waals surface area (Å²) in [6.07, 6.45) is -0.843. The second-order valence-corrected chi connectivity index (χ2v) is 9.07. The summed E-state index contributed by atoms with van der Waals surface area (Å²) in [5.74, 6) is -0.523. The molecule has 1 aromatic heterocycles. The van der Waals surface area contributed by atoms with Crippen molar-refractivity contribution in [1.82, 2.24) is 15.0 Å². The second kappa shape index (κ2) is 10.9. The molecule has 0 saturated heterocycles. The molecule has 4 rings (SSSR count). The summed E-state index contributed by atoms with van der Waals surface area (Å²) >= 11 is 0. The van der Waals surface area contributed by atoms with E-state index < -0.39 is 17.7 Å². The van der Waals surface area contributed by atoms with E-state index in [4.69, 9.17) is 9.84 Å². The third-order valence-electron chi connectivity index (χ3n) is 5.98. The molecule has 0 aliphatic heterocycles. The molecule has 0 atom stereocenters. The van der Waals surface area contributed by atoms with Gasteiger partial charge in [0.15, 0.2) is 0 Å². The number of aromatic carboxylic acids is 1. The predicted molar refractivity (Wildman–Crippen MR) is 138 cm³/mol. The topological polar surface area (TPSA) is 77.2 Å². The molecule has 6 nitrogen and oxygen atoms in total. The molecular weight excluding hydrogens is 495 g/mol. The van der Waals surface area contributed by atoms with Crippen LogP contribution in [-0.4, -0.2) is 26.1 Å². The first-order valence-corrected chi connectivity index (χ1v) is 11.9. The van der Waals surface area contributed by atoms with Crippen LogP contribution >= 0.6 is 0 Å². The molecule has 0 fully saturated rings. The van der Waals surface area contributed by atoms with E-state index in [1.54, 1.807) is 18.2 Å². The van der Waals surface area contributed by atoms with Crippen molar-refractivity contribution in [3.8, 4) is 11.4 Å². The van der Waals surface area contributed by atoms with Gasteiger partial charge >= 0.3 is 12.1 Å². The summed E-state index contributed by atoms with van der Waals surface area (Å²) in [6.45, 7) is 5.67. The molecule has 0 bridgehead atoms. The number of alkyl halides is 3. The maximum absolute atomic E-state index is 13.7. The van der Waals surface area contributed by atoms with Gasteiger partial charge in [0.2, 0.25) is 0 Å². The zero-order chi connectivity index (χ0) is 27.4. The van der Waals surface area contributed by atoms with Gasteiger partial charge in [0, 0.05) is 0 Å². The Labute approximate surface area is 218 Å². The van der Waals surface area contributed by atoms with Crippen LogP contribution in [0.15, 0.2) is 66.7 Å². The van der Waals surface area contributed by atoms with Gasteiger partial charge in [-0.25, -0.2) is 9.48 Å². The largest absolute Gasteiger partial charge is 0.487 e. The van der Waals surface area contributed by atoms with Crippen LogP contribution in [0.4, 0.5) is 13.2 Å². The number of carboxylic acids is 1. The lowest BCUT2D eigenvalue weighted by Crippen LogP contribution is -2.14. The summed E-state index contributed by atoms with van der Waals surface area (Å²) in [7, 11) is 0. The first kappa shape index (κ1) is 26.7. The van der Waals surface area contributed by atoms with Crippen LogP contribution in [0.25, 0.3) is 17.8 Å². The van der Waals surface area contributed by atoms with Crippen molar-refractivity contribution < 1.29 is 27.8 Å². The number of carboxylic acid groups (broad SMARTS) is 1. The zero-order valence-corrected chi connectivity index (χ0v) is 21.0. The van der Waals surface area contributed by atoms with Gasteiger partial charge in [-0.3, -0.25) is 0 Å². The Bertz CT molecular complexity index is 1490. The molecule has 196 valence electrons. The van der Waals surface area contributed by atoms with Crippen molar-refractivity contribution in [2.75, 3.05) is 0 Å². The summed E-state index contributed by atoms with van der Waals surface area (Å²) in [6, 6.07) is 17.3. The van der Waals surface area contributed by atoms with E-state index in [0.29, 0.717) is 17.1 Å². The van der Waals surface area contributed by atoms with Crippen molar-refractivity contribution in [2.45, 2.75) is 39.5 Å². The Kier molecular flexibility index (Phi) is 7.66. The highest BCUT2D eigenvalue weighted by Gasteiger charge is 2.35. The fraction of sp³-hybridized carbons (Fsp3) is 0.207. The Morgan fingerprint density at radius 1 is 1.05 bits per heavy atom. The first-order chi connectivity index (χ1) is 18.0. The average Bonchev–Trinajstić information content (AvgIpc) is 3.31. The summed E-state index contributed by atoms with van der Waals surface area (Å²) in [5.41, 5.74) is 2.87. The summed E-state index contributed by atoms with van der Waals surface area (Å²) < 4.78 is 48.2. The monoisotopic (exact) mass is 521 g/mol. The van der Waals surface area contributed by atoms with Crippen LogP contribution in [0.1, 0.15) is 63.8 Å². The number of carbonyl (C=O) groups is 1. The van der Waals surface area contributed by atoms with Crippen LogP contribution < -0.4 is 4.74 Å². The highest BCUT2D eigenvalue weighted by atomic mass is 19.4. The van der Waals surface area contributed by atoms with E-state index in [1.165, 1.54) is 28.9 Å². The van der Waals surface area contributed by atoms with Crippen LogP contribution in [0, 0.1) is 6.92 Å². The highest BCUT2D eigenvalue weighted by molar-refractivity contribution is 5.88. The molecule has 0 spiro atoms. The van der Waals surface area contributed by atoms with Crippen LogP contribution in [0.2, 0.25) is 0 Å². The minimum Gasteiger partial charge on any atom is -0.487 e. The van der Waals surface area contributed by atoms with Gasteiger partial charge in [0.25, 0.3) is 0 Å². The lowest BCUT2D eigenvalue weighted by Gasteiger charge is -2.16. The number of benzene rings is 3. The Balaban J connectivity index is 1.57. The minimum atomic E-state index is -4.55. The maximum atomic E-state index is 13.7. The fourth-order valence-electron chi connectivity index (χ4n) is 4.03. The number of hydrogen-bond donors (Lipinski definition) is 1. The van der Waals surface area contributed by atoms with Gasteiger partial charge in [-0.15, -0.1) is 5.10 Å². The first-order valence-electron chi connectivity index (χ1n) is 11.9. The van der Waals surface area contributed by atoms with Gasteiger partial charge in [0.1, 0.15) is 18.1 Å². The number of aromatic nitrogens is 3. The van der Waals surface area contributed by atoms with Gasteiger partial charge in [-0.2, -0.15) is 13.2 Å². The third kappa shape index (κ3) is 5.94. The number of aryl methyl sites for hydroxylation is 1. The second-order valence-electron chi connectivity index (χ2n) is 9.07. The molecule has 9 heteroatoms. The van der Waals surface area contributed by atoms with E-state index in [-0.39, 0.29) is 23.8 Å². The van der Waals surface area contributed by atoms with E-state index in [2.05, 4.69) is 10.3 Å². The number of halogens is 3. The molecule has 0 aliphatic carbocycles. The quantitative estimate of drug-likeness (QED) is 0.249. The van der Waals surface area contributed by atoms with Crippen molar-refractivity contribution in [3.63, 3.8) is 0 Å². The normalized spacial score (nSPS) is 11.9. The van der Waals surface area contributed by atoms with E-state index in [1.807, 2.05) is 51.1 Å². The average molecular weight is 522 g/mol. The predicted octanol–water partition coefficient (Wildman–Crippen LogP) is 7.17. The van der Waals surface area contributed by atoms with Crippen molar-refractivity contribution in [3.05, 3.63) is 106 Å². The van der Waals surface area contributed by atoms with E-state index in [0.717, 1.165) is 22.8 Å². The number of nitrogens with zero attached hydrogens (tertiary/aromatic N) is 3. The molecule has 0 radical (unpaired) electrons. The van der Waals surface area contributed by atoms with Crippen LogP contribution in [-0.2, 0) is 12.8 Å². The van der Waals surface area contributed by atoms with Crippen LogP contribution in [0.5, 0.6) is 5.75 Å². The standard InChI is InChI=1S/C29H26F3N3O3/c1-18(2)27-26(35(34-33-27)25-10-5-4-9-24(25)29(30,31)32)17-38-23-14-13-21(19(3)15-23)12-11-20-7-6-8-22(16-20)28(36)37/h4-16,18H,17H2,1-3H3,(H,36,37). The van der Waals surface area contributed by atoms with Crippen molar-refractivity contribution in [1.29, 1.82) is 0 Å². The number of ether oxygens (including phenoxy) is 1. The van der Waals surface area contributed by atoms with E-state index in [9.17, 15) is 18.0 Å². The molecular formula is C29H26F3N3O3. The van der Waals surface area contributed by atoms with Crippen molar-refractivity contribution >= 4 is 18.1 Å². The summed E-state index contributed by atoms with van der Waals surface area (Å²) in [4.78, 5) is 11.2. The van der Waals surface area contributed by atoms with Gasteiger partial charge in [-0.1, -0.05) is 61.5 Å². The molecule has 3 aromatic carbocycles. The lowest BCUT2D eigenvalue weighted by molar-refractivity contribution is -0.137. The molecule has 1 heterocycles. The Morgan fingerprint density at radius 2 is 1.82 bits per heavy atom. The molecule has 0 saturated carbocycles. The molecule has 38 heavy (non-hydrogen) atoms. The Hall–Kier alpha value is -4.40. The number of rotatable bonds is 8. The zero-order valence-electron chi connectivity index (χ0n) is 21.0. The lowest BCUT2D eigenvalue weighted by atomic mass is 10.1. The molecule has 0 amide bonds. The van der Waals surface area contributed by atoms with Crippen molar-refractivity contribution in [2.24, 2.45) is 0 Å². The highest BCUT2D eigenvalue weighted by Crippen LogP contribution is 2.34. The molecule has 0 aliphatic rings. The third-order valence-corrected chi connectivity index (χ3v) is 5.98.